The standard InChI is InChI=1S/C16H26N2O/c1-13(2)14-4-6-15(7-5-14)16(17-3)12-18-8-10-19-11-9-18/h4-7,13,16-17H,8-12H2,1-3H3. The van der Waals surface area contributed by atoms with Crippen LogP contribution in [-0.4, -0.2) is 44.8 Å². The second-order valence-electron chi connectivity index (χ2n) is 5.58. The van der Waals surface area contributed by atoms with Gasteiger partial charge in [-0.3, -0.25) is 4.90 Å². The van der Waals surface area contributed by atoms with E-state index in [4.69, 9.17) is 4.74 Å². The van der Waals surface area contributed by atoms with Crippen molar-refractivity contribution in [3.63, 3.8) is 0 Å². The van der Waals surface area contributed by atoms with E-state index in [1.54, 1.807) is 0 Å². The molecule has 1 saturated heterocycles. The molecule has 1 aromatic rings. The number of nitrogens with one attached hydrogen (secondary N) is 1. The van der Waals surface area contributed by atoms with E-state index in [-0.39, 0.29) is 0 Å². The molecular weight excluding hydrogens is 236 g/mol. The summed E-state index contributed by atoms with van der Waals surface area (Å²) in [5.74, 6) is 0.598. The molecule has 19 heavy (non-hydrogen) atoms. The minimum Gasteiger partial charge on any atom is -0.379 e. The number of morpholine rings is 1. The molecule has 0 bridgehead atoms. The first kappa shape index (κ1) is 14.5. The maximum Gasteiger partial charge on any atom is 0.0594 e. The zero-order valence-corrected chi connectivity index (χ0v) is 12.4. The first-order valence-corrected chi connectivity index (χ1v) is 7.28. The van der Waals surface area contributed by atoms with Gasteiger partial charge >= 0.3 is 0 Å². The Kier molecular flexibility index (Phi) is 5.37. The number of nitrogens with zero attached hydrogens (tertiary/aromatic N) is 1. The highest BCUT2D eigenvalue weighted by Crippen LogP contribution is 2.19. The fourth-order valence-corrected chi connectivity index (χ4v) is 2.52. The minimum atomic E-state index is 0.402. The highest BCUT2D eigenvalue weighted by Gasteiger charge is 2.16. The topological polar surface area (TPSA) is 24.5 Å². The Labute approximate surface area is 116 Å². The molecule has 106 valence electrons. The molecule has 1 N–H and O–H groups in total. The van der Waals surface area contributed by atoms with Crippen LogP contribution in [0.15, 0.2) is 24.3 Å². The zero-order valence-electron chi connectivity index (χ0n) is 12.4. The molecule has 1 fully saturated rings. The number of rotatable bonds is 5. The number of hydrogen-bond acceptors (Lipinski definition) is 3. The lowest BCUT2D eigenvalue weighted by molar-refractivity contribution is 0.0338. The van der Waals surface area contributed by atoms with Crippen molar-refractivity contribution in [1.82, 2.24) is 10.2 Å². The molecule has 1 heterocycles. The molecule has 1 aliphatic rings. The normalized spacial score (nSPS) is 18.7. The Hall–Kier alpha value is -0.900. The van der Waals surface area contributed by atoms with Gasteiger partial charge in [-0.15, -0.1) is 0 Å². The van der Waals surface area contributed by atoms with Crippen LogP contribution in [-0.2, 0) is 4.74 Å². The van der Waals surface area contributed by atoms with Gasteiger partial charge in [-0.1, -0.05) is 38.1 Å². The SMILES string of the molecule is CNC(CN1CCOCC1)c1ccc(C(C)C)cc1. The van der Waals surface area contributed by atoms with Crippen molar-refractivity contribution in [3.05, 3.63) is 35.4 Å². The van der Waals surface area contributed by atoms with E-state index in [1.807, 2.05) is 7.05 Å². The predicted octanol–water partition coefficient (Wildman–Crippen LogP) is 2.40. The molecule has 1 aromatic carbocycles. The second-order valence-corrected chi connectivity index (χ2v) is 5.58. The van der Waals surface area contributed by atoms with Gasteiger partial charge in [-0.25, -0.2) is 0 Å². The summed E-state index contributed by atoms with van der Waals surface area (Å²) >= 11 is 0. The van der Waals surface area contributed by atoms with Gasteiger partial charge in [0.1, 0.15) is 0 Å². The fourth-order valence-electron chi connectivity index (χ4n) is 2.52. The van der Waals surface area contributed by atoms with Crippen LogP contribution in [0.2, 0.25) is 0 Å². The van der Waals surface area contributed by atoms with Gasteiger partial charge in [-0.05, 0) is 24.1 Å². The van der Waals surface area contributed by atoms with Crippen LogP contribution in [0.5, 0.6) is 0 Å². The molecule has 1 atom stereocenters. The van der Waals surface area contributed by atoms with Crippen LogP contribution in [0.25, 0.3) is 0 Å². The third kappa shape index (κ3) is 4.03. The lowest BCUT2D eigenvalue weighted by atomic mass is 9.99. The van der Waals surface area contributed by atoms with Gasteiger partial charge in [-0.2, -0.15) is 0 Å². The van der Waals surface area contributed by atoms with E-state index in [9.17, 15) is 0 Å². The van der Waals surface area contributed by atoms with Crippen LogP contribution in [0.3, 0.4) is 0 Å². The molecule has 0 spiro atoms. The third-order valence-electron chi connectivity index (χ3n) is 3.90. The smallest absolute Gasteiger partial charge is 0.0594 e. The summed E-state index contributed by atoms with van der Waals surface area (Å²) in [6.07, 6.45) is 0. The molecule has 3 nitrogen and oxygen atoms in total. The quantitative estimate of drug-likeness (QED) is 0.882. The van der Waals surface area contributed by atoms with Gasteiger partial charge in [0.2, 0.25) is 0 Å². The highest BCUT2D eigenvalue weighted by atomic mass is 16.5. The second kappa shape index (κ2) is 7.04. The Balaban J connectivity index is 1.99. The molecule has 1 aliphatic heterocycles. The van der Waals surface area contributed by atoms with Gasteiger partial charge in [0.15, 0.2) is 0 Å². The average molecular weight is 262 g/mol. The third-order valence-corrected chi connectivity index (χ3v) is 3.90. The van der Waals surface area contributed by atoms with Crippen molar-refractivity contribution in [2.45, 2.75) is 25.8 Å². The Bertz CT molecular complexity index is 369. The van der Waals surface area contributed by atoms with Gasteiger partial charge < -0.3 is 10.1 Å². The van der Waals surface area contributed by atoms with E-state index in [2.05, 4.69) is 48.3 Å². The molecule has 0 amide bonds. The van der Waals surface area contributed by atoms with E-state index >= 15 is 0 Å². The first-order valence-electron chi connectivity index (χ1n) is 7.28. The van der Waals surface area contributed by atoms with Gasteiger partial charge in [0.25, 0.3) is 0 Å². The Morgan fingerprint density at radius 3 is 2.21 bits per heavy atom. The predicted molar refractivity (Wildman–Crippen MR) is 79.6 cm³/mol. The van der Waals surface area contributed by atoms with Gasteiger partial charge in [0.05, 0.1) is 13.2 Å². The molecule has 0 aliphatic carbocycles. The highest BCUT2D eigenvalue weighted by molar-refractivity contribution is 5.27. The Morgan fingerprint density at radius 1 is 1.11 bits per heavy atom. The molecule has 0 aromatic heterocycles. The summed E-state index contributed by atoms with van der Waals surface area (Å²) in [6, 6.07) is 9.43. The number of ether oxygens (including phenoxy) is 1. The minimum absolute atomic E-state index is 0.402. The van der Waals surface area contributed by atoms with E-state index < -0.39 is 0 Å². The molecule has 2 rings (SSSR count). The van der Waals surface area contributed by atoms with Crippen LogP contribution in [0, 0.1) is 0 Å². The lowest BCUT2D eigenvalue weighted by Gasteiger charge is -2.30. The maximum atomic E-state index is 5.40. The summed E-state index contributed by atoms with van der Waals surface area (Å²) in [7, 11) is 2.04. The number of likely N-dealkylation sites (N-methyl/N-ethyl adjacent to an activating group) is 1. The fraction of sp³-hybridized carbons (Fsp3) is 0.625. The van der Waals surface area contributed by atoms with Crippen LogP contribution < -0.4 is 5.32 Å². The molecular formula is C16H26N2O. The summed E-state index contributed by atoms with van der Waals surface area (Å²) in [5, 5.41) is 3.43. The lowest BCUT2D eigenvalue weighted by Crippen LogP contribution is -2.41. The zero-order chi connectivity index (χ0) is 13.7. The average Bonchev–Trinajstić information content (AvgIpc) is 2.46. The van der Waals surface area contributed by atoms with E-state index in [0.717, 1.165) is 32.8 Å². The summed E-state index contributed by atoms with van der Waals surface area (Å²) < 4.78 is 5.40. The first-order chi connectivity index (χ1) is 9.20. The monoisotopic (exact) mass is 262 g/mol. The van der Waals surface area contributed by atoms with Crippen molar-refractivity contribution in [1.29, 1.82) is 0 Å². The molecule has 1 unspecified atom stereocenters. The van der Waals surface area contributed by atoms with Crippen molar-refractivity contribution in [3.8, 4) is 0 Å². The van der Waals surface area contributed by atoms with Crippen molar-refractivity contribution in [2.75, 3.05) is 39.9 Å². The maximum absolute atomic E-state index is 5.40. The number of hydrogen-bond donors (Lipinski definition) is 1. The summed E-state index contributed by atoms with van der Waals surface area (Å²) in [6.45, 7) is 9.34. The molecule has 0 radical (unpaired) electrons. The van der Waals surface area contributed by atoms with Crippen molar-refractivity contribution >= 4 is 0 Å². The van der Waals surface area contributed by atoms with Gasteiger partial charge in [0, 0.05) is 25.7 Å². The van der Waals surface area contributed by atoms with E-state index in [0.29, 0.717) is 12.0 Å². The molecule has 3 heteroatoms. The largest absolute Gasteiger partial charge is 0.379 e. The van der Waals surface area contributed by atoms with Crippen molar-refractivity contribution in [2.24, 2.45) is 0 Å². The summed E-state index contributed by atoms with van der Waals surface area (Å²) in [5.41, 5.74) is 2.78. The van der Waals surface area contributed by atoms with Crippen LogP contribution in [0.1, 0.15) is 36.9 Å². The van der Waals surface area contributed by atoms with Crippen LogP contribution in [0.4, 0.5) is 0 Å². The Morgan fingerprint density at radius 2 is 1.68 bits per heavy atom. The summed E-state index contributed by atoms with van der Waals surface area (Å²) in [4.78, 5) is 2.47. The van der Waals surface area contributed by atoms with E-state index in [1.165, 1.54) is 11.1 Å². The number of benzene rings is 1. The van der Waals surface area contributed by atoms with Crippen LogP contribution >= 0.6 is 0 Å². The van der Waals surface area contributed by atoms with Crippen molar-refractivity contribution < 1.29 is 4.74 Å². The molecule has 0 saturated carbocycles.